The molecule has 0 aliphatic carbocycles. The number of aromatic hydroxyl groups is 1. The molecule has 1 aliphatic rings. The van der Waals surface area contributed by atoms with Gasteiger partial charge in [0.05, 0.1) is 19.1 Å². The van der Waals surface area contributed by atoms with E-state index < -0.39 is 12.0 Å². The number of thioether (sulfide) groups is 1. The Balaban J connectivity index is 1.97. The summed E-state index contributed by atoms with van der Waals surface area (Å²) in [5.41, 5.74) is 1.27. The molecule has 8 heteroatoms. The van der Waals surface area contributed by atoms with Crippen molar-refractivity contribution in [3.63, 3.8) is 0 Å². The molecule has 1 aliphatic heterocycles. The number of phenols is 1. The minimum Gasteiger partial charge on any atom is -0.504 e. The molecule has 0 saturated carbocycles. The lowest BCUT2D eigenvalue weighted by atomic mass is 10.1. The van der Waals surface area contributed by atoms with E-state index in [2.05, 4.69) is 0 Å². The van der Waals surface area contributed by atoms with Crippen LogP contribution in [0.2, 0.25) is 0 Å². The zero-order chi connectivity index (χ0) is 20.3. The van der Waals surface area contributed by atoms with Crippen molar-refractivity contribution in [1.29, 1.82) is 0 Å². The largest absolute Gasteiger partial charge is 0.504 e. The van der Waals surface area contributed by atoms with Crippen LogP contribution >= 0.6 is 24.0 Å². The average molecular weight is 415 g/mol. The smallest absolute Gasteiger partial charge is 0.333 e. The van der Waals surface area contributed by atoms with Gasteiger partial charge < -0.3 is 14.6 Å². The topological polar surface area (TPSA) is 76.1 Å². The van der Waals surface area contributed by atoms with Gasteiger partial charge in [-0.1, -0.05) is 60.4 Å². The predicted molar refractivity (Wildman–Crippen MR) is 111 cm³/mol. The summed E-state index contributed by atoms with van der Waals surface area (Å²) in [7, 11) is 2.72. The highest BCUT2D eigenvalue weighted by Crippen LogP contribution is 2.39. The SMILES string of the molecule is COC(=O)C(c1ccccc1)N1C(=O)/C(=C/c2ccc(O)c(OC)c2)SC1=S. The third-order valence-corrected chi connectivity index (χ3v) is 5.45. The summed E-state index contributed by atoms with van der Waals surface area (Å²) >= 11 is 6.48. The highest BCUT2D eigenvalue weighted by molar-refractivity contribution is 8.26. The van der Waals surface area contributed by atoms with Crippen molar-refractivity contribution >= 4 is 46.3 Å². The van der Waals surface area contributed by atoms with Crippen molar-refractivity contribution in [2.24, 2.45) is 0 Å². The van der Waals surface area contributed by atoms with E-state index >= 15 is 0 Å². The van der Waals surface area contributed by atoms with E-state index in [0.29, 0.717) is 21.8 Å². The van der Waals surface area contributed by atoms with Crippen LogP contribution in [-0.4, -0.2) is 40.4 Å². The molecule has 0 bridgehead atoms. The summed E-state index contributed by atoms with van der Waals surface area (Å²) in [6.07, 6.45) is 1.64. The van der Waals surface area contributed by atoms with Crippen LogP contribution in [0.25, 0.3) is 6.08 Å². The van der Waals surface area contributed by atoms with E-state index in [1.165, 1.54) is 25.2 Å². The van der Waals surface area contributed by atoms with E-state index in [1.54, 1.807) is 42.5 Å². The Morgan fingerprint density at radius 1 is 1.21 bits per heavy atom. The van der Waals surface area contributed by atoms with E-state index in [4.69, 9.17) is 21.7 Å². The molecule has 1 N–H and O–H groups in total. The van der Waals surface area contributed by atoms with Crippen LogP contribution in [0.15, 0.2) is 53.4 Å². The van der Waals surface area contributed by atoms with E-state index in [-0.39, 0.29) is 16.0 Å². The zero-order valence-corrected chi connectivity index (χ0v) is 16.8. The first-order valence-electron chi connectivity index (χ1n) is 8.23. The number of carbonyl (C=O) groups is 2. The van der Waals surface area contributed by atoms with Crippen LogP contribution in [0.5, 0.6) is 11.5 Å². The predicted octanol–water partition coefficient (Wildman–Crippen LogP) is 3.52. The molecule has 0 aromatic heterocycles. The second-order valence-electron chi connectivity index (χ2n) is 5.82. The van der Waals surface area contributed by atoms with Gasteiger partial charge in [0.2, 0.25) is 0 Å². The van der Waals surface area contributed by atoms with Gasteiger partial charge in [-0.25, -0.2) is 4.79 Å². The van der Waals surface area contributed by atoms with Crippen LogP contribution in [0.1, 0.15) is 17.2 Å². The summed E-state index contributed by atoms with van der Waals surface area (Å²) in [5, 5.41) is 9.72. The minimum atomic E-state index is -0.959. The molecular formula is C20H17NO5S2. The Morgan fingerprint density at radius 2 is 1.93 bits per heavy atom. The number of amides is 1. The second-order valence-corrected chi connectivity index (χ2v) is 7.50. The number of benzene rings is 2. The van der Waals surface area contributed by atoms with Crippen molar-refractivity contribution in [2.45, 2.75) is 6.04 Å². The van der Waals surface area contributed by atoms with Gasteiger partial charge in [-0.15, -0.1) is 0 Å². The number of esters is 1. The molecule has 1 heterocycles. The van der Waals surface area contributed by atoms with Crippen LogP contribution in [0, 0.1) is 0 Å². The molecule has 1 amide bonds. The number of hydrogen-bond donors (Lipinski definition) is 1. The fourth-order valence-corrected chi connectivity index (χ4v) is 4.09. The normalized spacial score (nSPS) is 16.4. The van der Waals surface area contributed by atoms with E-state index in [1.807, 2.05) is 6.07 Å². The molecule has 0 spiro atoms. The van der Waals surface area contributed by atoms with Crippen molar-refractivity contribution in [1.82, 2.24) is 4.90 Å². The monoisotopic (exact) mass is 415 g/mol. The third-order valence-electron chi connectivity index (χ3n) is 4.12. The van der Waals surface area contributed by atoms with Gasteiger partial charge in [0.1, 0.15) is 4.32 Å². The fraction of sp³-hybridized carbons (Fsp3) is 0.150. The summed E-state index contributed by atoms with van der Waals surface area (Å²) in [6.45, 7) is 0. The first kappa shape index (κ1) is 19.9. The lowest BCUT2D eigenvalue weighted by Gasteiger charge is -2.24. The number of thiocarbonyl (C=S) groups is 1. The van der Waals surface area contributed by atoms with Crippen LogP contribution in [-0.2, 0) is 14.3 Å². The number of methoxy groups -OCH3 is 2. The number of phenolic OH excluding ortho intramolecular Hbond substituents is 1. The molecule has 2 aromatic carbocycles. The Bertz CT molecular complexity index is 958. The molecule has 1 atom stereocenters. The van der Waals surface area contributed by atoms with Crippen molar-refractivity contribution in [3.05, 3.63) is 64.6 Å². The van der Waals surface area contributed by atoms with E-state index in [0.717, 1.165) is 11.8 Å². The van der Waals surface area contributed by atoms with Crippen LogP contribution in [0.3, 0.4) is 0 Å². The number of carbonyl (C=O) groups excluding carboxylic acids is 2. The quantitative estimate of drug-likeness (QED) is 0.455. The van der Waals surface area contributed by atoms with Gasteiger partial charge in [-0.05, 0) is 29.3 Å². The Hall–Kier alpha value is -2.84. The maximum absolute atomic E-state index is 13.0. The lowest BCUT2D eigenvalue weighted by molar-refractivity contribution is -0.148. The van der Waals surface area contributed by atoms with Gasteiger partial charge in [0, 0.05) is 0 Å². The van der Waals surface area contributed by atoms with Crippen LogP contribution < -0.4 is 4.74 Å². The molecule has 1 fully saturated rings. The average Bonchev–Trinajstić information content (AvgIpc) is 2.98. The highest BCUT2D eigenvalue weighted by Gasteiger charge is 2.41. The van der Waals surface area contributed by atoms with E-state index in [9.17, 15) is 14.7 Å². The van der Waals surface area contributed by atoms with Crippen molar-refractivity contribution in [2.75, 3.05) is 14.2 Å². The minimum absolute atomic E-state index is 0.00188. The number of ether oxygens (including phenoxy) is 2. The molecule has 28 heavy (non-hydrogen) atoms. The molecule has 3 rings (SSSR count). The summed E-state index contributed by atoms with van der Waals surface area (Å²) < 4.78 is 10.3. The van der Waals surface area contributed by atoms with Gasteiger partial charge in [0.15, 0.2) is 17.5 Å². The number of hydrogen-bond acceptors (Lipinski definition) is 7. The molecule has 1 saturated heterocycles. The third kappa shape index (κ3) is 3.88. The summed E-state index contributed by atoms with van der Waals surface area (Å²) in [4.78, 5) is 27.1. The molecular weight excluding hydrogens is 398 g/mol. The van der Waals surface area contributed by atoms with Gasteiger partial charge in [-0.2, -0.15) is 0 Å². The molecule has 144 valence electrons. The number of nitrogens with zero attached hydrogens (tertiary/aromatic N) is 1. The van der Waals surface area contributed by atoms with Crippen molar-refractivity contribution in [3.8, 4) is 11.5 Å². The van der Waals surface area contributed by atoms with Gasteiger partial charge in [0.25, 0.3) is 5.91 Å². The molecule has 1 unspecified atom stereocenters. The first-order valence-corrected chi connectivity index (χ1v) is 9.45. The Kier molecular flexibility index (Phi) is 6.01. The fourth-order valence-electron chi connectivity index (χ4n) is 2.78. The molecule has 0 radical (unpaired) electrons. The maximum Gasteiger partial charge on any atom is 0.333 e. The standard InChI is InChI=1S/C20H17NO5S2/c1-25-15-10-12(8-9-14(15)22)11-16-18(23)21(20(27)28-16)17(19(24)26-2)13-6-4-3-5-7-13/h3-11,17,22H,1-2H3/b16-11-. The first-order chi connectivity index (χ1) is 13.5. The lowest BCUT2D eigenvalue weighted by Crippen LogP contribution is -2.37. The maximum atomic E-state index is 13.0. The highest BCUT2D eigenvalue weighted by atomic mass is 32.2. The van der Waals surface area contributed by atoms with Gasteiger partial charge in [-0.3, -0.25) is 9.69 Å². The molecule has 2 aromatic rings. The number of rotatable bonds is 5. The zero-order valence-electron chi connectivity index (χ0n) is 15.1. The second kappa shape index (κ2) is 8.45. The molecule has 6 nitrogen and oxygen atoms in total. The van der Waals surface area contributed by atoms with Gasteiger partial charge >= 0.3 is 5.97 Å². The summed E-state index contributed by atoms with van der Waals surface area (Å²) in [5.74, 6) is -0.667. The summed E-state index contributed by atoms with van der Waals surface area (Å²) in [6, 6.07) is 12.6. The van der Waals surface area contributed by atoms with Crippen molar-refractivity contribution < 1.29 is 24.2 Å². The Labute approximate surface area is 171 Å². The van der Waals surface area contributed by atoms with Crippen LogP contribution in [0.4, 0.5) is 0 Å². The Morgan fingerprint density at radius 3 is 2.57 bits per heavy atom.